The first-order valence-corrected chi connectivity index (χ1v) is 7.45. The fourth-order valence-corrected chi connectivity index (χ4v) is 2.85. The van der Waals surface area contributed by atoms with Crippen molar-refractivity contribution in [1.29, 1.82) is 0 Å². The first kappa shape index (κ1) is 14.2. The predicted octanol–water partition coefficient (Wildman–Crippen LogP) is 3.05. The minimum Gasteiger partial charge on any atom is -0.372 e. The van der Waals surface area contributed by atoms with Crippen LogP contribution in [0.15, 0.2) is 41.9 Å². The van der Waals surface area contributed by atoms with Gasteiger partial charge in [0.05, 0.1) is 11.1 Å². The number of rotatable bonds is 7. The topological polar surface area (TPSA) is 34.1 Å². The molecule has 1 heterocycles. The van der Waals surface area contributed by atoms with Gasteiger partial charge < -0.3 is 10.1 Å². The van der Waals surface area contributed by atoms with Gasteiger partial charge in [0, 0.05) is 30.6 Å². The van der Waals surface area contributed by atoms with Crippen LogP contribution in [-0.2, 0) is 11.2 Å². The number of likely N-dealkylation sites (N-methyl/N-ethyl adjacent to an activating group) is 1. The number of nitrogens with one attached hydrogen (secondary N) is 1. The number of hydrogen-bond donors (Lipinski definition) is 1. The third-order valence-electron chi connectivity index (χ3n) is 3.09. The molecule has 4 heteroatoms. The Balaban J connectivity index is 2.16. The van der Waals surface area contributed by atoms with Gasteiger partial charge in [-0.2, -0.15) is 0 Å². The molecule has 0 amide bonds. The van der Waals surface area contributed by atoms with E-state index in [1.54, 1.807) is 11.3 Å². The van der Waals surface area contributed by atoms with Crippen LogP contribution in [0.5, 0.6) is 0 Å². The third-order valence-corrected chi connectivity index (χ3v) is 3.89. The van der Waals surface area contributed by atoms with Crippen molar-refractivity contribution in [2.75, 3.05) is 13.7 Å². The Bertz CT molecular complexity index is 458. The van der Waals surface area contributed by atoms with Crippen LogP contribution >= 0.6 is 11.3 Å². The molecule has 0 aliphatic rings. The van der Waals surface area contributed by atoms with Crippen LogP contribution in [-0.4, -0.2) is 24.7 Å². The van der Waals surface area contributed by atoms with E-state index in [9.17, 15) is 0 Å². The number of hydrogen-bond acceptors (Lipinski definition) is 4. The molecule has 2 atom stereocenters. The van der Waals surface area contributed by atoms with Gasteiger partial charge in [-0.15, -0.1) is 11.3 Å². The molecular formula is C15H20N2OS. The largest absolute Gasteiger partial charge is 0.372 e. The van der Waals surface area contributed by atoms with Crippen molar-refractivity contribution in [2.45, 2.75) is 25.5 Å². The van der Waals surface area contributed by atoms with E-state index in [1.807, 2.05) is 31.6 Å². The van der Waals surface area contributed by atoms with Gasteiger partial charge in [-0.3, -0.25) is 0 Å². The van der Waals surface area contributed by atoms with Crippen molar-refractivity contribution < 1.29 is 4.74 Å². The van der Waals surface area contributed by atoms with Crippen LogP contribution in [0.25, 0.3) is 0 Å². The highest BCUT2D eigenvalue weighted by molar-refractivity contribution is 7.09. The number of thiazole rings is 1. The standard InChI is InChI=1S/C15H20N2OS/c1-3-18-15(12-7-5-4-6-8-12)13(16-2)11-14-17-9-10-19-14/h4-10,13,15-16H,3,11H2,1-2H3. The lowest BCUT2D eigenvalue weighted by molar-refractivity contribution is 0.0352. The molecule has 2 aromatic rings. The van der Waals surface area contributed by atoms with Crippen molar-refractivity contribution >= 4 is 11.3 Å². The van der Waals surface area contributed by atoms with Crippen LogP contribution in [0.1, 0.15) is 23.6 Å². The van der Waals surface area contributed by atoms with E-state index in [-0.39, 0.29) is 12.1 Å². The zero-order chi connectivity index (χ0) is 13.5. The van der Waals surface area contributed by atoms with Gasteiger partial charge in [-0.25, -0.2) is 4.98 Å². The molecule has 19 heavy (non-hydrogen) atoms. The third kappa shape index (κ3) is 3.86. The minimum atomic E-state index is 0.0556. The molecule has 0 aliphatic carbocycles. The molecule has 2 unspecified atom stereocenters. The summed E-state index contributed by atoms with van der Waals surface area (Å²) in [6.45, 7) is 2.74. The Hall–Kier alpha value is -1.23. The molecule has 102 valence electrons. The second-order valence-corrected chi connectivity index (χ2v) is 5.29. The maximum Gasteiger partial charge on any atom is 0.0981 e. The number of nitrogens with zero attached hydrogens (tertiary/aromatic N) is 1. The summed E-state index contributed by atoms with van der Waals surface area (Å²) in [5.74, 6) is 0. The average molecular weight is 276 g/mol. The maximum absolute atomic E-state index is 5.94. The lowest BCUT2D eigenvalue weighted by Crippen LogP contribution is -2.35. The summed E-state index contributed by atoms with van der Waals surface area (Å²) < 4.78 is 5.94. The second kappa shape index (κ2) is 7.38. The first-order chi connectivity index (χ1) is 9.35. The molecule has 3 nitrogen and oxygen atoms in total. The Morgan fingerprint density at radius 2 is 2.11 bits per heavy atom. The molecule has 1 aromatic carbocycles. The molecule has 2 rings (SSSR count). The fourth-order valence-electron chi connectivity index (χ4n) is 2.17. The monoisotopic (exact) mass is 276 g/mol. The summed E-state index contributed by atoms with van der Waals surface area (Å²) >= 11 is 1.69. The highest BCUT2D eigenvalue weighted by Crippen LogP contribution is 2.24. The van der Waals surface area contributed by atoms with Crippen LogP contribution in [0.2, 0.25) is 0 Å². The Morgan fingerprint density at radius 1 is 1.32 bits per heavy atom. The second-order valence-electron chi connectivity index (χ2n) is 4.31. The number of ether oxygens (including phenoxy) is 1. The van der Waals surface area contributed by atoms with Crippen molar-refractivity contribution in [3.63, 3.8) is 0 Å². The summed E-state index contributed by atoms with van der Waals surface area (Å²) in [4.78, 5) is 4.36. The van der Waals surface area contributed by atoms with Gasteiger partial charge in [0.1, 0.15) is 0 Å². The zero-order valence-electron chi connectivity index (χ0n) is 11.4. The quantitative estimate of drug-likeness (QED) is 0.844. The summed E-state index contributed by atoms with van der Waals surface area (Å²) in [5.41, 5.74) is 1.21. The molecular weight excluding hydrogens is 256 g/mol. The normalized spacial score (nSPS) is 14.2. The molecule has 0 fully saturated rings. The van der Waals surface area contributed by atoms with Gasteiger partial charge in [0.2, 0.25) is 0 Å². The zero-order valence-corrected chi connectivity index (χ0v) is 12.2. The van der Waals surface area contributed by atoms with Gasteiger partial charge in [-0.05, 0) is 19.5 Å². The summed E-state index contributed by atoms with van der Waals surface area (Å²) in [6.07, 6.45) is 2.79. The van der Waals surface area contributed by atoms with Gasteiger partial charge in [-0.1, -0.05) is 30.3 Å². The molecule has 0 saturated heterocycles. The van der Waals surface area contributed by atoms with E-state index < -0.39 is 0 Å². The van der Waals surface area contributed by atoms with Gasteiger partial charge in [0.25, 0.3) is 0 Å². The average Bonchev–Trinajstić information content (AvgIpc) is 2.96. The van der Waals surface area contributed by atoms with E-state index in [0.717, 1.165) is 11.4 Å². The number of aromatic nitrogens is 1. The van der Waals surface area contributed by atoms with E-state index >= 15 is 0 Å². The van der Waals surface area contributed by atoms with Crippen molar-refractivity contribution in [2.24, 2.45) is 0 Å². The fraction of sp³-hybridized carbons (Fsp3) is 0.400. The van der Waals surface area contributed by atoms with E-state index in [2.05, 4.69) is 34.6 Å². The van der Waals surface area contributed by atoms with Crippen LogP contribution < -0.4 is 5.32 Å². The molecule has 0 saturated carbocycles. The molecule has 0 aliphatic heterocycles. The summed E-state index contributed by atoms with van der Waals surface area (Å²) in [5, 5.41) is 6.52. The van der Waals surface area contributed by atoms with Crippen LogP contribution in [0.3, 0.4) is 0 Å². The van der Waals surface area contributed by atoms with Crippen molar-refractivity contribution in [3.8, 4) is 0 Å². The number of benzene rings is 1. The molecule has 1 aromatic heterocycles. The highest BCUT2D eigenvalue weighted by Gasteiger charge is 2.23. The minimum absolute atomic E-state index is 0.0556. The van der Waals surface area contributed by atoms with Crippen molar-refractivity contribution in [3.05, 3.63) is 52.5 Å². The summed E-state index contributed by atoms with van der Waals surface area (Å²) in [7, 11) is 1.98. The van der Waals surface area contributed by atoms with Crippen LogP contribution in [0, 0.1) is 0 Å². The Labute approximate surface area is 118 Å². The molecule has 1 N–H and O–H groups in total. The van der Waals surface area contributed by atoms with Crippen molar-refractivity contribution in [1.82, 2.24) is 10.3 Å². The lowest BCUT2D eigenvalue weighted by Gasteiger charge is -2.26. The molecule has 0 bridgehead atoms. The van der Waals surface area contributed by atoms with Gasteiger partial charge in [0.15, 0.2) is 0 Å². The lowest BCUT2D eigenvalue weighted by atomic mass is 10.00. The molecule has 0 spiro atoms. The Morgan fingerprint density at radius 3 is 2.68 bits per heavy atom. The van der Waals surface area contributed by atoms with E-state index in [1.165, 1.54) is 5.56 Å². The van der Waals surface area contributed by atoms with E-state index in [4.69, 9.17) is 4.74 Å². The van der Waals surface area contributed by atoms with Crippen LogP contribution in [0.4, 0.5) is 0 Å². The first-order valence-electron chi connectivity index (χ1n) is 6.57. The Kier molecular flexibility index (Phi) is 5.51. The summed E-state index contributed by atoms with van der Waals surface area (Å²) in [6, 6.07) is 10.6. The predicted molar refractivity (Wildman–Crippen MR) is 79.5 cm³/mol. The smallest absolute Gasteiger partial charge is 0.0981 e. The van der Waals surface area contributed by atoms with E-state index in [0.29, 0.717) is 6.61 Å². The molecule has 0 radical (unpaired) electrons. The maximum atomic E-state index is 5.94. The SMILES string of the molecule is CCOC(c1ccccc1)C(Cc1nccs1)NC. The highest BCUT2D eigenvalue weighted by atomic mass is 32.1. The van der Waals surface area contributed by atoms with Gasteiger partial charge >= 0.3 is 0 Å².